The highest BCUT2D eigenvalue weighted by atomic mass is 32.2. The Balaban J connectivity index is 2.16. The zero-order valence-corrected chi connectivity index (χ0v) is 11.7. The molecule has 1 amide bonds. The van der Waals surface area contributed by atoms with Gasteiger partial charge in [-0.15, -0.1) is 0 Å². The van der Waals surface area contributed by atoms with Crippen LogP contribution in [0.15, 0.2) is 23.1 Å². The molecule has 1 fully saturated rings. The lowest BCUT2D eigenvalue weighted by Crippen LogP contribution is -2.37. The van der Waals surface area contributed by atoms with Crippen molar-refractivity contribution in [2.24, 2.45) is 5.41 Å². The Bertz CT molecular complexity index is 643. The third kappa shape index (κ3) is 1.96. The van der Waals surface area contributed by atoms with Crippen molar-refractivity contribution in [1.29, 1.82) is 0 Å². The molecule has 4 nitrogen and oxygen atoms in total. The fourth-order valence-electron chi connectivity index (χ4n) is 3.20. The number of hydrogen-bond donors (Lipinski definition) is 1. The first kappa shape index (κ1) is 12.7. The fraction of sp³-hybridized carbons (Fsp3) is 0.500. The van der Waals surface area contributed by atoms with Crippen LogP contribution in [0.5, 0.6) is 0 Å². The van der Waals surface area contributed by atoms with Crippen LogP contribution in [0.2, 0.25) is 0 Å². The van der Waals surface area contributed by atoms with E-state index in [0.717, 1.165) is 18.4 Å². The second-order valence-corrected chi connectivity index (χ2v) is 7.66. The molecule has 0 aromatic heterocycles. The standard InChI is InChI=1S/C14H17NO3S/c1-10-4-5-12-11(8-10)15-13(16)14(6-2-3-7-14)9-19(12,17)18/h4-5,8H,2-3,6-7,9H2,1H3,(H,15,16). The zero-order valence-electron chi connectivity index (χ0n) is 10.9. The maximum Gasteiger partial charge on any atom is 0.231 e. The summed E-state index contributed by atoms with van der Waals surface area (Å²) in [5, 5.41) is 2.83. The van der Waals surface area contributed by atoms with Crippen LogP contribution in [0.1, 0.15) is 31.2 Å². The fourth-order valence-corrected chi connectivity index (χ4v) is 5.22. The Hall–Kier alpha value is -1.36. The smallest absolute Gasteiger partial charge is 0.231 e. The average molecular weight is 279 g/mol. The molecule has 1 aliphatic carbocycles. The van der Waals surface area contributed by atoms with Crippen LogP contribution in [-0.2, 0) is 14.6 Å². The highest BCUT2D eigenvalue weighted by molar-refractivity contribution is 7.91. The summed E-state index contributed by atoms with van der Waals surface area (Å²) in [5.41, 5.74) is 0.663. The molecule has 1 aliphatic heterocycles. The first-order valence-corrected chi connectivity index (χ1v) is 8.23. The van der Waals surface area contributed by atoms with Gasteiger partial charge in [0.1, 0.15) is 0 Å². The van der Waals surface area contributed by atoms with Gasteiger partial charge >= 0.3 is 0 Å². The van der Waals surface area contributed by atoms with E-state index in [4.69, 9.17) is 0 Å². The number of carbonyl (C=O) groups is 1. The normalized spacial score (nSPS) is 23.7. The summed E-state index contributed by atoms with van der Waals surface area (Å²) in [7, 11) is -3.40. The van der Waals surface area contributed by atoms with Gasteiger partial charge in [0.05, 0.1) is 21.8 Å². The zero-order chi connectivity index (χ0) is 13.7. The Labute approximate surface area is 113 Å². The van der Waals surface area contributed by atoms with Gasteiger partial charge in [0, 0.05) is 0 Å². The van der Waals surface area contributed by atoms with Crippen molar-refractivity contribution in [2.75, 3.05) is 11.1 Å². The summed E-state index contributed by atoms with van der Waals surface area (Å²) in [6, 6.07) is 5.11. The predicted octanol–water partition coefficient (Wildman–Crippen LogP) is 2.28. The van der Waals surface area contributed by atoms with E-state index in [2.05, 4.69) is 5.32 Å². The number of hydrogen-bond acceptors (Lipinski definition) is 3. The third-order valence-electron chi connectivity index (χ3n) is 4.23. The summed E-state index contributed by atoms with van der Waals surface area (Å²) < 4.78 is 25.0. The summed E-state index contributed by atoms with van der Waals surface area (Å²) in [5.74, 6) is -0.181. The van der Waals surface area contributed by atoms with E-state index in [9.17, 15) is 13.2 Å². The van der Waals surface area contributed by atoms with Crippen LogP contribution in [0, 0.1) is 12.3 Å². The number of aryl methyl sites for hydroxylation is 1. The van der Waals surface area contributed by atoms with Gasteiger partial charge in [0.2, 0.25) is 5.91 Å². The van der Waals surface area contributed by atoms with Crippen molar-refractivity contribution in [1.82, 2.24) is 0 Å². The van der Waals surface area contributed by atoms with E-state index in [1.54, 1.807) is 18.2 Å². The highest BCUT2D eigenvalue weighted by Gasteiger charge is 2.47. The monoisotopic (exact) mass is 279 g/mol. The van der Waals surface area contributed by atoms with Crippen LogP contribution in [-0.4, -0.2) is 20.1 Å². The van der Waals surface area contributed by atoms with Crippen molar-refractivity contribution in [3.8, 4) is 0 Å². The minimum Gasteiger partial charge on any atom is -0.324 e. The Morgan fingerprint density at radius 3 is 2.58 bits per heavy atom. The number of nitrogens with one attached hydrogen (secondary N) is 1. The molecular weight excluding hydrogens is 262 g/mol. The maximum absolute atomic E-state index is 12.5. The minimum atomic E-state index is -3.40. The number of rotatable bonds is 0. The molecule has 102 valence electrons. The first-order valence-electron chi connectivity index (χ1n) is 6.58. The number of sulfone groups is 1. The van der Waals surface area contributed by atoms with Crippen LogP contribution >= 0.6 is 0 Å². The lowest BCUT2D eigenvalue weighted by Gasteiger charge is -2.23. The molecule has 0 saturated heterocycles. The van der Waals surface area contributed by atoms with Crippen molar-refractivity contribution in [2.45, 2.75) is 37.5 Å². The van der Waals surface area contributed by atoms with E-state index >= 15 is 0 Å². The topological polar surface area (TPSA) is 63.2 Å². The molecular formula is C14H17NO3S. The van der Waals surface area contributed by atoms with Gasteiger partial charge in [-0.1, -0.05) is 18.9 Å². The SMILES string of the molecule is Cc1ccc2c(c1)NC(=O)C1(CCCC1)CS2(=O)=O. The molecule has 0 radical (unpaired) electrons. The van der Waals surface area contributed by atoms with E-state index < -0.39 is 15.3 Å². The molecule has 2 aliphatic rings. The van der Waals surface area contributed by atoms with Gasteiger partial charge in [0.25, 0.3) is 0 Å². The lowest BCUT2D eigenvalue weighted by molar-refractivity contribution is -0.124. The largest absolute Gasteiger partial charge is 0.324 e. The van der Waals surface area contributed by atoms with Gasteiger partial charge in [0.15, 0.2) is 9.84 Å². The molecule has 1 heterocycles. The molecule has 0 atom stereocenters. The van der Waals surface area contributed by atoms with Crippen LogP contribution in [0.3, 0.4) is 0 Å². The molecule has 1 spiro atoms. The third-order valence-corrected chi connectivity index (χ3v) is 6.19. The lowest BCUT2D eigenvalue weighted by atomic mass is 9.87. The molecule has 19 heavy (non-hydrogen) atoms. The first-order chi connectivity index (χ1) is 8.93. The van der Waals surface area contributed by atoms with Gasteiger partial charge < -0.3 is 5.32 Å². The Kier molecular flexibility index (Phi) is 2.71. The van der Waals surface area contributed by atoms with Gasteiger partial charge in [-0.3, -0.25) is 4.79 Å². The van der Waals surface area contributed by atoms with Crippen molar-refractivity contribution < 1.29 is 13.2 Å². The molecule has 0 bridgehead atoms. The number of fused-ring (bicyclic) bond motifs is 1. The Morgan fingerprint density at radius 1 is 1.21 bits per heavy atom. The summed E-state index contributed by atoms with van der Waals surface area (Å²) in [6.45, 7) is 1.88. The van der Waals surface area contributed by atoms with Crippen LogP contribution in [0.4, 0.5) is 5.69 Å². The van der Waals surface area contributed by atoms with Crippen molar-refractivity contribution >= 4 is 21.4 Å². The van der Waals surface area contributed by atoms with Crippen LogP contribution < -0.4 is 5.32 Å². The summed E-state index contributed by atoms with van der Waals surface area (Å²) >= 11 is 0. The molecule has 0 unspecified atom stereocenters. The van der Waals surface area contributed by atoms with E-state index in [1.165, 1.54) is 0 Å². The van der Waals surface area contributed by atoms with E-state index in [0.29, 0.717) is 18.5 Å². The number of anilines is 1. The van der Waals surface area contributed by atoms with Gasteiger partial charge in [-0.25, -0.2) is 8.42 Å². The second kappa shape index (κ2) is 4.07. The second-order valence-electron chi connectivity index (χ2n) is 5.70. The molecule has 1 saturated carbocycles. The number of benzene rings is 1. The average Bonchev–Trinajstić information content (AvgIpc) is 2.74. The molecule has 1 aromatic rings. The van der Waals surface area contributed by atoms with Crippen molar-refractivity contribution in [3.63, 3.8) is 0 Å². The molecule has 3 rings (SSSR count). The van der Waals surface area contributed by atoms with E-state index in [1.807, 2.05) is 6.92 Å². The number of amides is 1. The maximum atomic E-state index is 12.5. The van der Waals surface area contributed by atoms with Crippen molar-refractivity contribution in [3.05, 3.63) is 23.8 Å². The molecule has 1 aromatic carbocycles. The molecule has 5 heteroatoms. The number of carbonyl (C=O) groups excluding carboxylic acids is 1. The predicted molar refractivity (Wildman–Crippen MR) is 72.8 cm³/mol. The summed E-state index contributed by atoms with van der Waals surface area (Å²) in [6.07, 6.45) is 3.20. The Morgan fingerprint density at radius 2 is 1.89 bits per heavy atom. The molecule has 1 N–H and O–H groups in total. The summed E-state index contributed by atoms with van der Waals surface area (Å²) in [4.78, 5) is 12.7. The van der Waals surface area contributed by atoms with Gasteiger partial charge in [-0.05, 0) is 37.5 Å². The van der Waals surface area contributed by atoms with Crippen LogP contribution in [0.25, 0.3) is 0 Å². The van der Waals surface area contributed by atoms with E-state index in [-0.39, 0.29) is 16.6 Å². The minimum absolute atomic E-state index is 0.0537. The quantitative estimate of drug-likeness (QED) is 0.792. The highest BCUT2D eigenvalue weighted by Crippen LogP contribution is 2.44. The van der Waals surface area contributed by atoms with Gasteiger partial charge in [-0.2, -0.15) is 0 Å².